The van der Waals surface area contributed by atoms with Crippen molar-refractivity contribution < 1.29 is 4.92 Å². The zero-order valence-corrected chi connectivity index (χ0v) is 17.4. The zero-order valence-electron chi connectivity index (χ0n) is 17.4. The van der Waals surface area contributed by atoms with Crippen molar-refractivity contribution in [3.05, 3.63) is 112 Å². The minimum Gasteiger partial charge on any atom is -0.309 e. The summed E-state index contributed by atoms with van der Waals surface area (Å²) >= 11 is 0. The molecule has 0 amide bonds. The van der Waals surface area contributed by atoms with Gasteiger partial charge in [-0.2, -0.15) is 4.68 Å². The number of benzene rings is 3. The van der Waals surface area contributed by atoms with Crippen LogP contribution in [0, 0.1) is 10.1 Å². The summed E-state index contributed by atoms with van der Waals surface area (Å²) in [7, 11) is 0. The smallest absolute Gasteiger partial charge is 0.269 e. The maximum absolute atomic E-state index is 11.0. The number of allylic oxidation sites excluding steroid dienone is 2. The Labute approximate surface area is 184 Å². The predicted molar refractivity (Wildman–Crippen MR) is 121 cm³/mol. The highest BCUT2D eigenvalue weighted by atomic mass is 16.6. The van der Waals surface area contributed by atoms with Gasteiger partial charge < -0.3 is 4.90 Å². The summed E-state index contributed by atoms with van der Waals surface area (Å²) in [6, 6.07) is 24.6. The van der Waals surface area contributed by atoms with Gasteiger partial charge in [0.1, 0.15) is 6.04 Å². The Morgan fingerprint density at radius 1 is 0.969 bits per heavy atom. The topological polar surface area (TPSA) is 90.0 Å². The lowest BCUT2D eigenvalue weighted by Gasteiger charge is -2.32. The van der Waals surface area contributed by atoms with Gasteiger partial charge in [0, 0.05) is 17.8 Å². The van der Waals surface area contributed by atoms with E-state index in [1.54, 1.807) is 12.1 Å². The molecule has 1 aromatic heterocycles. The monoisotopic (exact) mass is 424 g/mol. The second-order valence-corrected chi connectivity index (χ2v) is 7.64. The number of nitro groups is 1. The second kappa shape index (κ2) is 8.07. The minimum absolute atomic E-state index is 0.0685. The second-order valence-electron chi connectivity index (χ2n) is 7.64. The summed E-state index contributed by atoms with van der Waals surface area (Å²) in [6.45, 7) is 2.73. The lowest BCUT2D eigenvalue weighted by atomic mass is 9.93. The van der Waals surface area contributed by atoms with Crippen molar-refractivity contribution in [1.29, 1.82) is 0 Å². The Morgan fingerprint density at radius 2 is 1.69 bits per heavy atom. The molecular formula is C24H20N6O2. The third-order valence-electron chi connectivity index (χ3n) is 5.66. The molecule has 8 heteroatoms. The molecular weight excluding hydrogens is 404 g/mol. The fourth-order valence-electron chi connectivity index (χ4n) is 4.06. The van der Waals surface area contributed by atoms with Gasteiger partial charge in [-0.05, 0) is 57.8 Å². The summed E-state index contributed by atoms with van der Waals surface area (Å²) in [6.07, 6.45) is 2.15. The van der Waals surface area contributed by atoms with Crippen LogP contribution in [-0.2, 0) is 6.54 Å². The van der Waals surface area contributed by atoms with E-state index in [-0.39, 0.29) is 11.7 Å². The molecule has 0 radical (unpaired) electrons. The number of aromatic nitrogens is 4. The van der Waals surface area contributed by atoms with Gasteiger partial charge in [-0.15, -0.1) is 0 Å². The van der Waals surface area contributed by atoms with Crippen LogP contribution in [0.4, 0.5) is 11.6 Å². The lowest BCUT2D eigenvalue weighted by Crippen LogP contribution is -2.30. The van der Waals surface area contributed by atoms with Crippen LogP contribution in [0.3, 0.4) is 0 Å². The zero-order chi connectivity index (χ0) is 22.1. The molecule has 4 aromatic rings. The van der Waals surface area contributed by atoms with Crippen LogP contribution in [-0.4, -0.2) is 25.1 Å². The molecule has 2 heterocycles. The summed E-state index contributed by atoms with van der Waals surface area (Å²) in [5.41, 5.74) is 5.19. The first-order chi connectivity index (χ1) is 15.6. The summed E-state index contributed by atoms with van der Waals surface area (Å²) in [5.74, 6) is 0.678. The first-order valence-electron chi connectivity index (χ1n) is 10.2. The normalized spacial score (nSPS) is 15.2. The maximum atomic E-state index is 11.0. The number of tetrazole rings is 1. The molecule has 0 bridgehead atoms. The minimum atomic E-state index is -0.391. The molecule has 0 saturated heterocycles. The highest BCUT2D eigenvalue weighted by Crippen LogP contribution is 2.37. The number of nitrogens with zero attached hydrogens (tertiary/aromatic N) is 6. The van der Waals surface area contributed by atoms with Gasteiger partial charge in [0.15, 0.2) is 0 Å². The van der Waals surface area contributed by atoms with E-state index in [1.807, 2.05) is 47.1 Å². The molecule has 0 aliphatic carbocycles. The van der Waals surface area contributed by atoms with E-state index in [1.165, 1.54) is 17.7 Å². The number of rotatable bonds is 5. The molecule has 1 atom stereocenters. The summed E-state index contributed by atoms with van der Waals surface area (Å²) < 4.78 is 1.82. The summed E-state index contributed by atoms with van der Waals surface area (Å²) in [4.78, 5) is 12.7. The number of non-ortho nitro benzene ring substituents is 1. The van der Waals surface area contributed by atoms with Crippen molar-refractivity contribution in [1.82, 2.24) is 20.2 Å². The Balaban J connectivity index is 1.55. The highest BCUT2D eigenvalue weighted by molar-refractivity contribution is 5.70. The molecule has 1 aliphatic rings. The Hall–Kier alpha value is -4.33. The van der Waals surface area contributed by atoms with E-state index in [0.29, 0.717) is 12.5 Å². The Bertz CT molecular complexity index is 1300. The van der Waals surface area contributed by atoms with Gasteiger partial charge in [0.25, 0.3) is 11.6 Å². The molecule has 0 spiro atoms. The summed E-state index contributed by atoms with van der Waals surface area (Å²) in [5, 5.41) is 23.6. The number of nitro benzene ring substituents is 1. The SMILES string of the molecule is CC1=CC(c2ccccc2-c2ccc([N+](=O)[O-])cc2)n2nnnc2N1Cc1ccccc1. The lowest BCUT2D eigenvalue weighted by molar-refractivity contribution is -0.384. The van der Waals surface area contributed by atoms with Crippen LogP contribution in [0.2, 0.25) is 0 Å². The average Bonchev–Trinajstić information content (AvgIpc) is 3.31. The number of anilines is 1. The van der Waals surface area contributed by atoms with Gasteiger partial charge in [-0.25, -0.2) is 0 Å². The van der Waals surface area contributed by atoms with E-state index in [2.05, 4.69) is 45.6 Å². The molecule has 5 rings (SSSR count). The Kier molecular flexibility index (Phi) is 4.95. The number of hydrogen-bond acceptors (Lipinski definition) is 6. The van der Waals surface area contributed by atoms with Crippen LogP contribution in [0.1, 0.15) is 24.1 Å². The molecule has 1 unspecified atom stereocenters. The molecule has 3 aromatic carbocycles. The standard InChI is InChI=1S/C24H20N6O2/c1-17-15-23(29-24(25-26-27-29)28(17)16-18-7-3-2-4-8-18)22-10-6-5-9-21(22)19-11-13-20(14-12-19)30(31)32/h2-15,23H,16H2,1H3. The van der Waals surface area contributed by atoms with Gasteiger partial charge >= 0.3 is 0 Å². The third kappa shape index (κ3) is 3.51. The van der Waals surface area contributed by atoms with Crippen molar-refractivity contribution in [2.75, 3.05) is 4.90 Å². The van der Waals surface area contributed by atoms with Crippen LogP contribution >= 0.6 is 0 Å². The quantitative estimate of drug-likeness (QED) is 0.339. The maximum Gasteiger partial charge on any atom is 0.269 e. The molecule has 0 fully saturated rings. The molecule has 0 N–H and O–H groups in total. The van der Waals surface area contributed by atoms with Crippen molar-refractivity contribution >= 4 is 11.6 Å². The van der Waals surface area contributed by atoms with E-state index in [4.69, 9.17) is 0 Å². The largest absolute Gasteiger partial charge is 0.309 e. The fraction of sp³-hybridized carbons (Fsp3) is 0.125. The fourth-order valence-corrected chi connectivity index (χ4v) is 4.06. The van der Waals surface area contributed by atoms with E-state index in [0.717, 1.165) is 22.4 Å². The first kappa shape index (κ1) is 19.6. The van der Waals surface area contributed by atoms with Crippen molar-refractivity contribution in [2.24, 2.45) is 0 Å². The average molecular weight is 424 g/mol. The van der Waals surface area contributed by atoms with E-state index < -0.39 is 4.92 Å². The van der Waals surface area contributed by atoms with E-state index >= 15 is 0 Å². The molecule has 32 heavy (non-hydrogen) atoms. The Morgan fingerprint density at radius 3 is 2.44 bits per heavy atom. The first-order valence-corrected chi connectivity index (χ1v) is 10.2. The molecule has 158 valence electrons. The van der Waals surface area contributed by atoms with Gasteiger partial charge in [0.05, 0.1) is 11.5 Å². The van der Waals surface area contributed by atoms with Gasteiger partial charge in [-0.1, -0.05) is 59.7 Å². The van der Waals surface area contributed by atoms with Gasteiger partial charge in [0.2, 0.25) is 0 Å². The van der Waals surface area contributed by atoms with Gasteiger partial charge in [-0.3, -0.25) is 10.1 Å². The predicted octanol–water partition coefficient (Wildman–Crippen LogP) is 4.76. The number of fused-ring (bicyclic) bond motifs is 1. The molecule has 8 nitrogen and oxygen atoms in total. The van der Waals surface area contributed by atoms with Crippen molar-refractivity contribution in [3.8, 4) is 11.1 Å². The number of hydrogen-bond donors (Lipinski definition) is 0. The van der Waals surface area contributed by atoms with E-state index in [9.17, 15) is 10.1 Å². The van der Waals surface area contributed by atoms with Crippen LogP contribution in [0.25, 0.3) is 11.1 Å². The van der Waals surface area contributed by atoms with Crippen LogP contribution in [0.5, 0.6) is 0 Å². The molecule has 1 aliphatic heterocycles. The van der Waals surface area contributed by atoms with Crippen LogP contribution in [0.15, 0.2) is 90.6 Å². The highest BCUT2D eigenvalue weighted by Gasteiger charge is 2.29. The van der Waals surface area contributed by atoms with Crippen molar-refractivity contribution in [3.63, 3.8) is 0 Å². The molecule has 0 saturated carbocycles. The van der Waals surface area contributed by atoms with Crippen LogP contribution < -0.4 is 4.90 Å². The third-order valence-corrected chi connectivity index (χ3v) is 5.66. The van der Waals surface area contributed by atoms with Crippen molar-refractivity contribution in [2.45, 2.75) is 19.5 Å².